The van der Waals surface area contributed by atoms with Gasteiger partial charge in [0.15, 0.2) is 0 Å². The zero-order valence-corrected chi connectivity index (χ0v) is 21.9. The number of ether oxygens (including phenoxy) is 1. The van der Waals surface area contributed by atoms with Gasteiger partial charge in [-0.2, -0.15) is 26.3 Å². The highest BCUT2D eigenvalue weighted by Gasteiger charge is 2.33. The second kappa shape index (κ2) is 13.1. The van der Waals surface area contributed by atoms with E-state index in [0.717, 1.165) is 0 Å². The lowest BCUT2D eigenvalue weighted by molar-refractivity contribution is -0.384. The minimum absolute atomic E-state index is 0.0356. The lowest BCUT2D eigenvalue weighted by atomic mass is 10.2. The number of carbonyl (C=O) groups excluding carboxylic acids is 1. The van der Waals surface area contributed by atoms with Gasteiger partial charge in [-0.15, -0.1) is 0 Å². The van der Waals surface area contributed by atoms with Gasteiger partial charge in [-0.05, 0) is 24.3 Å². The summed E-state index contributed by atoms with van der Waals surface area (Å²) in [6.45, 7) is -0.505. The van der Waals surface area contributed by atoms with Crippen molar-refractivity contribution in [1.29, 1.82) is 0 Å². The fourth-order valence-electron chi connectivity index (χ4n) is 3.24. The Balaban J connectivity index is 1.67. The Labute approximate surface area is 237 Å². The topological polar surface area (TPSA) is 123 Å². The molecule has 3 aromatic rings. The highest BCUT2D eigenvalue weighted by Crippen LogP contribution is 2.34. The van der Waals surface area contributed by atoms with Gasteiger partial charge in [0.2, 0.25) is 0 Å². The molecule has 0 atom stereocenters. The summed E-state index contributed by atoms with van der Waals surface area (Å²) in [5, 5.41) is 15.1. The molecule has 3 rings (SSSR count). The van der Waals surface area contributed by atoms with Gasteiger partial charge in [0, 0.05) is 43.3 Å². The molecule has 10 nitrogen and oxygen atoms in total. The molecule has 220 valence electrons. The van der Waals surface area contributed by atoms with Crippen molar-refractivity contribution < 1.29 is 40.8 Å². The molecule has 0 aliphatic heterocycles. The number of nitro groups is 1. The number of nitro benzene ring substituents is 1. The Hall–Kier alpha value is -4.05. The Bertz CT molecular complexity index is 1390. The van der Waals surface area contributed by atoms with Gasteiger partial charge in [0.1, 0.15) is 18.2 Å². The molecule has 41 heavy (non-hydrogen) atoms. The number of anilines is 3. The van der Waals surface area contributed by atoms with Crippen LogP contribution >= 0.6 is 23.2 Å². The molecule has 2 heterocycles. The summed E-state index contributed by atoms with van der Waals surface area (Å²) in [6, 6.07) is 6.25. The van der Waals surface area contributed by atoms with Gasteiger partial charge >= 0.3 is 18.4 Å². The number of hydrogen-bond acceptors (Lipinski definition) is 8. The fraction of sp³-hybridized carbons (Fsp3) is 0.261. The molecule has 1 aromatic carbocycles. The number of nitrogens with zero attached hydrogens (tertiary/aromatic N) is 4. The summed E-state index contributed by atoms with van der Waals surface area (Å²) < 4.78 is 82.8. The number of halogens is 8. The second-order valence-corrected chi connectivity index (χ2v) is 8.87. The van der Waals surface area contributed by atoms with Crippen molar-refractivity contribution in [3.05, 3.63) is 80.1 Å². The van der Waals surface area contributed by atoms with Gasteiger partial charge in [-0.3, -0.25) is 15.4 Å². The highest BCUT2D eigenvalue weighted by atomic mass is 35.5. The Morgan fingerprint density at radius 1 is 0.951 bits per heavy atom. The van der Waals surface area contributed by atoms with E-state index in [2.05, 4.69) is 20.6 Å². The number of rotatable bonds is 10. The fourth-order valence-corrected chi connectivity index (χ4v) is 3.76. The first kappa shape index (κ1) is 31.5. The Morgan fingerprint density at radius 3 is 2.07 bits per heavy atom. The van der Waals surface area contributed by atoms with E-state index in [1.54, 1.807) is 0 Å². The van der Waals surface area contributed by atoms with Gasteiger partial charge in [-0.25, -0.2) is 14.8 Å². The molecule has 0 radical (unpaired) electrons. The molecule has 2 N–H and O–H groups in total. The largest absolute Gasteiger partial charge is 0.447 e. The standard InChI is InChI=1S/C23H18Cl2F6N6O4/c24-17-9-13(22(26,27)28)11-33-19(17)32-5-6-36(20-18(25)10-14(12-34-20)23(29,30)31)7-8-41-21(38)35-15-1-3-16(4-2-15)37(39)40/h1-4,9-12H,5-8H2,(H,32,33)(H,35,38). The number of alkyl halides is 6. The molecule has 0 saturated carbocycles. The minimum Gasteiger partial charge on any atom is -0.447 e. The number of pyridine rings is 2. The highest BCUT2D eigenvalue weighted by molar-refractivity contribution is 6.33. The summed E-state index contributed by atoms with van der Waals surface area (Å²) in [7, 11) is 0. The molecule has 0 fully saturated rings. The molecule has 0 aliphatic carbocycles. The maximum Gasteiger partial charge on any atom is 0.417 e. The lowest BCUT2D eigenvalue weighted by Crippen LogP contribution is -2.34. The number of benzene rings is 1. The van der Waals surface area contributed by atoms with E-state index < -0.39 is 34.5 Å². The van der Waals surface area contributed by atoms with Crippen LogP contribution in [0.5, 0.6) is 0 Å². The molecular formula is C23H18Cl2F6N6O4. The molecular weight excluding hydrogens is 609 g/mol. The zero-order valence-electron chi connectivity index (χ0n) is 20.4. The number of carbonyl (C=O) groups is 1. The molecule has 0 bridgehead atoms. The number of aromatic nitrogens is 2. The smallest absolute Gasteiger partial charge is 0.417 e. The molecule has 1 amide bonds. The van der Waals surface area contributed by atoms with Crippen LogP contribution in [0.1, 0.15) is 11.1 Å². The summed E-state index contributed by atoms with van der Waals surface area (Å²) >= 11 is 11.9. The van der Waals surface area contributed by atoms with E-state index >= 15 is 0 Å². The number of amides is 1. The third-order valence-electron chi connectivity index (χ3n) is 5.21. The Kier molecular flexibility index (Phi) is 10.0. The predicted molar refractivity (Wildman–Crippen MR) is 137 cm³/mol. The first-order valence-electron chi connectivity index (χ1n) is 11.3. The van der Waals surface area contributed by atoms with Crippen LogP contribution in [-0.4, -0.2) is 47.2 Å². The van der Waals surface area contributed by atoms with Crippen molar-refractivity contribution in [2.24, 2.45) is 0 Å². The van der Waals surface area contributed by atoms with Crippen LogP contribution in [0, 0.1) is 10.1 Å². The third-order valence-corrected chi connectivity index (χ3v) is 5.78. The molecule has 0 saturated heterocycles. The first-order valence-corrected chi connectivity index (χ1v) is 12.0. The summed E-state index contributed by atoms with van der Waals surface area (Å²) in [6.07, 6.45) is -9.13. The number of nitrogens with one attached hydrogen (secondary N) is 2. The molecule has 18 heteroatoms. The Morgan fingerprint density at radius 2 is 1.54 bits per heavy atom. The number of hydrogen-bond donors (Lipinski definition) is 2. The van der Waals surface area contributed by atoms with E-state index in [1.165, 1.54) is 29.2 Å². The van der Waals surface area contributed by atoms with E-state index in [1.807, 2.05) is 0 Å². The minimum atomic E-state index is -4.70. The average Bonchev–Trinajstić information content (AvgIpc) is 2.88. The SMILES string of the molecule is O=C(Nc1ccc([N+](=O)[O-])cc1)OCCN(CCNc1ncc(C(F)(F)F)cc1Cl)c1ncc(C(F)(F)F)cc1Cl. The number of non-ortho nitro benzene ring substituents is 1. The quantitative estimate of drug-likeness (QED) is 0.142. The van der Waals surface area contributed by atoms with Crippen LogP contribution in [0.4, 0.5) is 54.1 Å². The van der Waals surface area contributed by atoms with E-state index in [9.17, 15) is 41.3 Å². The maximum absolute atomic E-state index is 13.1. The predicted octanol–water partition coefficient (Wildman–Crippen LogP) is 6.90. The van der Waals surface area contributed by atoms with Crippen LogP contribution in [0.2, 0.25) is 10.0 Å². The summed E-state index contributed by atoms with van der Waals surface area (Å²) in [4.78, 5) is 31.1. The summed E-state index contributed by atoms with van der Waals surface area (Å²) in [5.41, 5.74) is -2.14. The molecule has 2 aromatic heterocycles. The van der Waals surface area contributed by atoms with E-state index in [-0.39, 0.29) is 59.3 Å². The third kappa shape index (κ3) is 8.97. The maximum atomic E-state index is 13.1. The average molecular weight is 627 g/mol. The van der Waals surface area contributed by atoms with Crippen LogP contribution in [0.3, 0.4) is 0 Å². The van der Waals surface area contributed by atoms with Crippen LogP contribution in [0.25, 0.3) is 0 Å². The molecule has 0 spiro atoms. The van der Waals surface area contributed by atoms with Crippen LogP contribution < -0.4 is 15.5 Å². The molecule has 0 unspecified atom stereocenters. The van der Waals surface area contributed by atoms with Crippen molar-refractivity contribution in [3.8, 4) is 0 Å². The van der Waals surface area contributed by atoms with Gasteiger partial charge < -0.3 is 15.0 Å². The van der Waals surface area contributed by atoms with Crippen molar-refractivity contribution in [3.63, 3.8) is 0 Å². The second-order valence-electron chi connectivity index (χ2n) is 8.06. The van der Waals surface area contributed by atoms with E-state index in [0.29, 0.717) is 24.5 Å². The normalized spacial score (nSPS) is 11.6. The van der Waals surface area contributed by atoms with Gasteiger partial charge in [0.05, 0.1) is 32.6 Å². The zero-order chi connectivity index (χ0) is 30.4. The van der Waals surface area contributed by atoms with Crippen LogP contribution in [0.15, 0.2) is 48.8 Å². The van der Waals surface area contributed by atoms with Gasteiger partial charge in [0.25, 0.3) is 5.69 Å². The lowest BCUT2D eigenvalue weighted by Gasteiger charge is -2.25. The van der Waals surface area contributed by atoms with E-state index in [4.69, 9.17) is 27.9 Å². The molecule has 0 aliphatic rings. The van der Waals surface area contributed by atoms with Crippen molar-refractivity contribution >= 4 is 52.3 Å². The van der Waals surface area contributed by atoms with Crippen LogP contribution in [-0.2, 0) is 17.1 Å². The first-order chi connectivity index (χ1) is 19.1. The van der Waals surface area contributed by atoms with Gasteiger partial charge in [-0.1, -0.05) is 23.2 Å². The van der Waals surface area contributed by atoms with Crippen molar-refractivity contribution in [1.82, 2.24) is 9.97 Å². The van der Waals surface area contributed by atoms with Crippen molar-refractivity contribution in [2.75, 3.05) is 41.8 Å². The summed E-state index contributed by atoms with van der Waals surface area (Å²) in [5.74, 6) is -0.169. The van der Waals surface area contributed by atoms with Crippen molar-refractivity contribution in [2.45, 2.75) is 12.4 Å². The monoisotopic (exact) mass is 626 g/mol.